The maximum absolute atomic E-state index is 13.2. The molecule has 2 rings (SSSR count). The molecule has 0 saturated heterocycles. The van der Waals surface area contributed by atoms with Crippen LogP contribution in [0, 0.1) is 5.82 Å². The van der Waals surface area contributed by atoms with Crippen LogP contribution >= 0.6 is 54.8 Å². The average Bonchev–Trinajstić information content (AvgIpc) is 2.64. The molecular formula is C12H9Br2ClFNS. The Morgan fingerprint density at radius 1 is 1.33 bits per heavy atom. The highest BCUT2D eigenvalue weighted by Gasteiger charge is 2.18. The van der Waals surface area contributed by atoms with Crippen molar-refractivity contribution < 1.29 is 4.39 Å². The molecule has 1 aromatic carbocycles. The Labute approximate surface area is 131 Å². The molecule has 1 N–H and O–H groups in total. The molecule has 1 aromatic heterocycles. The van der Waals surface area contributed by atoms with Crippen LogP contribution < -0.4 is 5.32 Å². The third-order valence-electron chi connectivity index (χ3n) is 2.56. The standard InChI is InChI=1S/C12H9Br2ClFNS/c1-17-11(7-5-10(13)18-12(7)14)6-2-3-9(16)8(15)4-6/h2-5,11,17H,1H3. The van der Waals surface area contributed by atoms with Crippen molar-refractivity contribution in [1.82, 2.24) is 5.32 Å². The van der Waals surface area contributed by atoms with Crippen LogP contribution in [0.5, 0.6) is 0 Å². The van der Waals surface area contributed by atoms with E-state index in [1.165, 1.54) is 6.07 Å². The summed E-state index contributed by atoms with van der Waals surface area (Å²) in [6, 6.07) is 6.78. The Bertz CT molecular complexity index is 573. The van der Waals surface area contributed by atoms with E-state index in [-0.39, 0.29) is 11.1 Å². The van der Waals surface area contributed by atoms with Crippen LogP contribution in [0.25, 0.3) is 0 Å². The van der Waals surface area contributed by atoms with E-state index >= 15 is 0 Å². The van der Waals surface area contributed by atoms with Gasteiger partial charge in [0, 0.05) is 0 Å². The predicted octanol–water partition coefficient (Wildman–Crippen LogP) is 5.37. The van der Waals surface area contributed by atoms with E-state index in [4.69, 9.17) is 11.6 Å². The van der Waals surface area contributed by atoms with Crippen molar-refractivity contribution in [1.29, 1.82) is 0 Å². The minimum absolute atomic E-state index is 0.0278. The first kappa shape index (κ1) is 14.5. The predicted molar refractivity (Wildman–Crippen MR) is 82.0 cm³/mol. The van der Waals surface area contributed by atoms with Crippen LogP contribution in [-0.4, -0.2) is 7.05 Å². The number of hydrogen-bond acceptors (Lipinski definition) is 2. The summed E-state index contributed by atoms with van der Waals surface area (Å²) in [6.45, 7) is 0. The van der Waals surface area contributed by atoms with E-state index < -0.39 is 5.82 Å². The van der Waals surface area contributed by atoms with Gasteiger partial charge in [0.25, 0.3) is 0 Å². The third kappa shape index (κ3) is 2.96. The molecular weight excluding hydrogens is 404 g/mol. The lowest BCUT2D eigenvalue weighted by atomic mass is 10.0. The molecule has 1 atom stereocenters. The van der Waals surface area contributed by atoms with Gasteiger partial charge in [0.05, 0.1) is 18.6 Å². The molecule has 0 saturated carbocycles. The molecule has 2 aromatic rings. The maximum atomic E-state index is 13.2. The van der Waals surface area contributed by atoms with Gasteiger partial charge in [-0.2, -0.15) is 0 Å². The van der Waals surface area contributed by atoms with Gasteiger partial charge in [-0.05, 0) is 68.2 Å². The van der Waals surface area contributed by atoms with Gasteiger partial charge in [0.15, 0.2) is 0 Å². The van der Waals surface area contributed by atoms with Crippen molar-refractivity contribution in [2.45, 2.75) is 6.04 Å². The zero-order valence-corrected chi connectivity index (χ0v) is 14.1. The summed E-state index contributed by atoms with van der Waals surface area (Å²) in [6.07, 6.45) is 0. The van der Waals surface area contributed by atoms with Crippen LogP contribution in [0.15, 0.2) is 31.8 Å². The number of nitrogens with one attached hydrogen (secondary N) is 1. The summed E-state index contributed by atoms with van der Waals surface area (Å²) in [7, 11) is 1.86. The van der Waals surface area contributed by atoms with Crippen molar-refractivity contribution in [3.8, 4) is 0 Å². The first-order valence-corrected chi connectivity index (χ1v) is 7.88. The van der Waals surface area contributed by atoms with Gasteiger partial charge in [-0.1, -0.05) is 17.7 Å². The van der Waals surface area contributed by atoms with Crippen LogP contribution in [-0.2, 0) is 0 Å². The molecule has 0 bridgehead atoms. The van der Waals surface area contributed by atoms with Crippen molar-refractivity contribution in [3.63, 3.8) is 0 Å². The fourth-order valence-corrected chi connectivity index (χ4v) is 4.83. The highest BCUT2D eigenvalue weighted by atomic mass is 79.9. The van der Waals surface area contributed by atoms with Crippen LogP contribution in [0.4, 0.5) is 4.39 Å². The second kappa shape index (κ2) is 6.01. The molecule has 0 radical (unpaired) electrons. The average molecular weight is 414 g/mol. The fourth-order valence-electron chi connectivity index (χ4n) is 1.74. The molecule has 1 unspecified atom stereocenters. The number of rotatable bonds is 3. The van der Waals surface area contributed by atoms with Crippen molar-refractivity contribution in [2.75, 3.05) is 7.05 Å². The molecule has 6 heteroatoms. The molecule has 0 aliphatic carbocycles. The lowest BCUT2D eigenvalue weighted by molar-refractivity contribution is 0.624. The van der Waals surface area contributed by atoms with Crippen LogP contribution in [0.2, 0.25) is 5.02 Å². The zero-order valence-electron chi connectivity index (χ0n) is 9.31. The lowest BCUT2D eigenvalue weighted by Crippen LogP contribution is -2.17. The van der Waals surface area contributed by atoms with E-state index in [1.807, 2.05) is 13.1 Å². The molecule has 0 spiro atoms. The Hall–Kier alpha value is 0.0600. The highest BCUT2D eigenvalue weighted by Crippen LogP contribution is 2.38. The SMILES string of the molecule is CNC(c1ccc(F)c(Cl)c1)c1cc(Br)sc1Br. The minimum atomic E-state index is -0.402. The molecule has 96 valence electrons. The summed E-state index contributed by atoms with van der Waals surface area (Å²) < 4.78 is 15.3. The number of halogens is 4. The quantitative estimate of drug-likeness (QED) is 0.713. The monoisotopic (exact) mass is 411 g/mol. The zero-order chi connectivity index (χ0) is 13.3. The Balaban J connectivity index is 2.45. The number of benzene rings is 1. The van der Waals surface area contributed by atoms with Gasteiger partial charge in [-0.15, -0.1) is 11.3 Å². The molecule has 0 amide bonds. The first-order chi connectivity index (χ1) is 8.52. The van der Waals surface area contributed by atoms with E-state index in [1.54, 1.807) is 23.5 Å². The van der Waals surface area contributed by atoms with E-state index in [2.05, 4.69) is 37.2 Å². The molecule has 0 aliphatic rings. The van der Waals surface area contributed by atoms with Crippen molar-refractivity contribution in [2.24, 2.45) is 0 Å². The van der Waals surface area contributed by atoms with Gasteiger partial charge in [-0.3, -0.25) is 0 Å². The van der Waals surface area contributed by atoms with Crippen LogP contribution in [0.1, 0.15) is 17.2 Å². The topological polar surface area (TPSA) is 12.0 Å². The lowest BCUT2D eigenvalue weighted by Gasteiger charge is -2.16. The largest absolute Gasteiger partial charge is 0.309 e. The van der Waals surface area contributed by atoms with E-state index in [0.717, 1.165) is 18.7 Å². The second-order valence-electron chi connectivity index (χ2n) is 3.67. The Morgan fingerprint density at radius 3 is 2.56 bits per heavy atom. The van der Waals surface area contributed by atoms with E-state index in [0.29, 0.717) is 0 Å². The van der Waals surface area contributed by atoms with E-state index in [9.17, 15) is 4.39 Å². The fraction of sp³-hybridized carbons (Fsp3) is 0.167. The van der Waals surface area contributed by atoms with Crippen molar-refractivity contribution in [3.05, 3.63) is 53.8 Å². The summed E-state index contributed by atoms with van der Waals surface area (Å²) >= 11 is 14.4. The molecule has 0 fully saturated rings. The molecule has 1 nitrogen and oxygen atoms in total. The van der Waals surface area contributed by atoms with Gasteiger partial charge in [0.2, 0.25) is 0 Å². The first-order valence-electron chi connectivity index (χ1n) is 5.10. The minimum Gasteiger partial charge on any atom is -0.309 e. The third-order valence-corrected chi connectivity index (χ3v) is 5.24. The smallest absolute Gasteiger partial charge is 0.141 e. The van der Waals surface area contributed by atoms with Crippen molar-refractivity contribution >= 4 is 54.8 Å². The summed E-state index contributed by atoms with van der Waals surface area (Å²) in [5.74, 6) is -0.402. The van der Waals surface area contributed by atoms with Gasteiger partial charge in [-0.25, -0.2) is 4.39 Å². The highest BCUT2D eigenvalue weighted by molar-refractivity contribution is 9.12. The molecule has 0 aliphatic heterocycles. The number of thiophene rings is 1. The second-order valence-corrected chi connectivity index (χ2v) is 7.83. The summed E-state index contributed by atoms with van der Waals surface area (Å²) in [5, 5.41) is 3.35. The molecule has 18 heavy (non-hydrogen) atoms. The summed E-state index contributed by atoms with van der Waals surface area (Å²) in [5.41, 5.74) is 2.02. The Morgan fingerprint density at radius 2 is 2.06 bits per heavy atom. The van der Waals surface area contributed by atoms with Gasteiger partial charge < -0.3 is 5.32 Å². The normalized spacial score (nSPS) is 12.7. The Kier molecular flexibility index (Phi) is 4.83. The molecule has 1 heterocycles. The summed E-state index contributed by atoms with van der Waals surface area (Å²) in [4.78, 5) is 0. The van der Waals surface area contributed by atoms with Crippen LogP contribution in [0.3, 0.4) is 0 Å². The maximum Gasteiger partial charge on any atom is 0.141 e. The van der Waals surface area contributed by atoms with Gasteiger partial charge in [0.1, 0.15) is 5.82 Å². The number of hydrogen-bond donors (Lipinski definition) is 1. The van der Waals surface area contributed by atoms with Gasteiger partial charge >= 0.3 is 0 Å².